The zero-order chi connectivity index (χ0) is 17.8. The van der Waals surface area contributed by atoms with E-state index >= 15 is 0 Å². The van der Waals surface area contributed by atoms with Gasteiger partial charge in [0.1, 0.15) is 6.04 Å². The van der Waals surface area contributed by atoms with Crippen molar-refractivity contribution in [3.63, 3.8) is 0 Å². The second-order valence-electron chi connectivity index (χ2n) is 6.03. The van der Waals surface area contributed by atoms with Crippen molar-refractivity contribution < 1.29 is 9.59 Å². The molecule has 0 aliphatic carbocycles. The maximum absolute atomic E-state index is 12.7. The Morgan fingerprint density at radius 1 is 1.16 bits per heavy atom. The first-order valence-electron chi connectivity index (χ1n) is 8.44. The molecule has 1 aliphatic heterocycles. The lowest BCUT2D eigenvalue weighted by Crippen LogP contribution is -2.47. The highest BCUT2D eigenvalue weighted by Crippen LogP contribution is 2.32. The molecule has 5 heteroatoms. The van der Waals surface area contributed by atoms with E-state index in [1.807, 2.05) is 61.7 Å². The number of amides is 2. The van der Waals surface area contributed by atoms with Gasteiger partial charge < -0.3 is 5.32 Å². The number of anilines is 1. The van der Waals surface area contributed by atoms with Crippen LogP contribution in [0.3, 0.4) is 0 Å². The minimum absolute atomic E-state index is 0.0191. The van der Waals surface area contributed by atoms with Crippen molar-refractivity contribution in [2.24, 2.45) is 0 Å². The van der Waals surface area contributed by atoms with Gasteiger partial charge in [0.25, 0.3) is 0 Å². The summed E-state index contributed by atoms with van der Waals surface area (Å²) in [5.41, 5.74) is 2.96. The average Bonchev–Trinajstić information content (AvgIpc) is 3.05. The summed E-state index contributed by atoms with van der Waals surface area (Å²) in [5.74, 6) is -0.124. The van der Waals surface area contributed by atoms with Gasteiger partial charge in [0.2, 0.25) is 11.8 Å². The summed E-state index contributed by atoms with van der Waals surface area (Å²) in [4.78, 5) is 28.0. The van der Waals surface area contributed by atoms with Gasteiger partial charge in [-0.3, -0.25) is 14.5 Å². The number of thioether (sulfide) groups is 1. The Bertz CT molecular complexity index is 774. The van der Waals surface area contributed by atoms with Gasteiger partial charge in [-0.2, -0.15) is 0 Å². The first kappa shape index (κ1) is 17.5. The summed E-state index contributed by atoms with van der Waals surface area (Å²) in [6.07, 6.45) is 2.99. The van der Waals surface area contributed by atoms with E-state index < -0.39 is 6.04 Å². The molecule has 1 atom stereocenters. The van der Waals surface area contributed by atoms with E-state index in [9.17, 15) is 9.59 Å². The molecule has 0 spiro atoms. The molecule has 0 saturated carbocycles. The number of carbonyl (C=O) groups excluding carboxylic acids is 2. The molecular weight excluding hydrogens is 332 g/mol. The Morgan fingerprint density at radius 3 is 2.56 bits per heavy atom. The van der Waals surface area contributed by atoms with E-state index in [0.717, 1.165) is 16.8 Å². The number of carbonyl (C=O) groups is 2. The molecule has 1 aliphatic rings. The summed E-state index contributed by atoms with van der Waals surface area (Å²) >= 11 is 1.69. The van der Waals surface area contributed by atoms with Crippen LogP contribution in [0, 0.1) is 0 Å². The number of fused-ring (bicyclic) bond motifs is 1. The van der Waals surface area contributed by atoms with E-state index in [2.05, 4.69) is 5.32 Å². The topological polar surface area (TPSA) is 49.4 Å². The molecule has 0 fully saturated rings. The quantitative estimate of drug-likeness (QED) is 0.838. The van der Waals surface area contributed by atoms with Crippen molar-refractivity contribution in [1.82, 2.24) is 5.32 Å². The molecule has 0 aromatic heterocycles. The Labute approximate surface area is 152 Å². The van der Waals surface area contributed by atoms with Crippen molar-refractivity contribution in [3.8, 4) is 0 Å². The molecule has 2 aromatic carbocycles. The Kier molecular flexibility index (Phi) is 5.43. The molecule has 0 radical (unpaired) electrons. The molecule has 0 saturated heterocycles. The van der Waals surface area contributed by atoms with Crippen molar-refractivity contribution >= 4 is 29.3 Å². The smallest absolute Gasteiger partial charge is 0.243 e. The molecule has 0 bridgehead atoms. The van der Waals surface area contributed by atoms with Crippen molar-refractivity contribution in [1.29, 1.82) is 0 Å². The molecule has 1 N–H and O–H groups in total. The van der Waals surface area contributed by atoms with Crippen molar-refractivity contribution in [3.05, 3.63) is 59.7 Å². The monoisotopic (exact) mass is 354 g/mol. The molecule has 4 nitrogen and oxygen atoms in total. The highest BCUT2D eigenvalue weighted by atomic mass is 32.2. The van der Waals surface area contributed by atoms with Crippen molar-refractivity contribution in [2.45, 2.75) is 37.2 Å². The Balaban J connectivity index is 1.71. The molecule has 2 amide bonds. The number of nitrogens with one attached hydrogen (secondary N) is 1. The van der Waals surface area contributed by atoms with E-state index in [0.29, 0.717) is 19.4 Å². The molecule has 3 rings (SSSR count). The van der Waals surface area contributed by atoms with Crippen LogP contribution in [0.5, 0.6) is 0 Å². The third-order valence-corrected chi connectivity index (χ3v) is 5.22. The number of benzene rings is 2. The maximum atomic E-state index is 12.7. The van der Waals surface area contributed by atoms with Crippen molar-refractivity contribution in [2.75, 3.05) is 11.2 Å². The minimum atomic E-state index is -0.463. The van der Waals surface area contributed by atoms with Gasteiger partial charge in [-0.05, 0) is 35.6 Å². The lowest BCUT2D eigenvalue weighted by molar-refractivity contribution is -0.126. The van der Waals surface area contributed by atoms with Gasteiger partial charge in [-0.25, -0.2) is 0 Å². The second-order valence-corrected chi connectivity index (χ2v) is 6.91. The van der Waals surface area contributed by atoms with Crippen LogP contribution >= 0.6 is 11.8 Å². The summed E-state index contributed by atoms with van der Waals surface area (Å²) in [7, 11) is 0. The fourth-order valence-corrected chi connectivity index (χ4v) is 3.53. The third kappa shape index (κ3) is 3.71. The van der Waals surface area contributed by atoms with Gasteiger partial charge in [-0.15, -0.1) is 11.8 Å². The molecule has 25 heavy (non-hydrogen) atoms. The largest absolute Gasteiger partial charge is 0.350 e. The van der Waals surface area contributed by atoms with E-state index in [4.69, 9.17) is 0 Å². The van der Waals surface area contributed by atoms with Gasteiger partial charge in [-0.1, -0.05) is 37.3 Å². The van der Waals surface area contributed by atoms with E-state index in [1.54, 1.807) is 16.7 Å². The standard InChI is InChI=1S/C20H22N2O2S/c1-3-19(23)22-17-7-5-4-6-15(17)12-18(22)20(24)21-13-14-8-10-16(25-2)11-9-14/h4-11,18H,3,12-13H2,1-2H3,(H,21,24)/t18-/m0/s1. The van der Waals surface area contributed by atoms with Crippen LogP contribution < -0.4 is 10.2 Å². The lowest BCUT2D eigenvalue weighted by atomic mass is 10.1. The zero-order valence-corrected chi connectivity index (χ0v) is 15.3. The van der Waals surface area contributed by atoms with E-state index in [1.165, 1.54) is 4.90 Å². The van der Waals surface area contributed by atoms with Crippen LogP contribution in [-0.2, 0) is 22.6 Å². The Morgan fingerprint density at radius 2 is 1.88 bits per heavy atom. The van der Waals surface area contributed by atoms with E-state index in [-0.39, 0.29) is 11.8 Å². The summed E-state index contributed by atoms with van der Waals surface area (Å²) in [6, 6.07) is 15.4. The van der Waals surface area contributed by atoms with Gasteiger partial charge in [0.05, 0.1) is 0 Å². The molecule has 0 unspecified atom stereocenters. The van der Waals surface area contributed by atoms with Gasteiger partial charge in [0.15, 0.2) is 0 Å². The summed E-state index contributed by atoms with van der Waals surface area (Å²) in [6.45, 7) is 2.29. The number of rotatable bonds is 5. The lowest BCUT2D eigenvalue weighted by Gasteiger charge is -2.24. The average molecular weight is 354 g/mol. The van der Waals surface area contributed by atoms with Crippen LogP contribution in [0.25, 0.3) is 0 Å². The van der Waals surface area contributed by atoms with Crippen LogP contribution in [0.4, 0.5) is 5.69 Å². The first-order chi connectivity index (χ1) is 12.1. The highest BCUT2D eigenvalue weighted by Gasteiger charge is 2.37. The third-order valence-electron chi connectivity index (χ3n) is 4.48. The zero-order valence-electron chi connectivity index (χ0n) is 14.5. The second kappa shape index (κ2) is 7.74. The first-order valence-corrected chi connectivity index (χ1v) is 9.67. The predicted octanol–water partition coefficient (Wildman–Crippen LogP) is 3.39. The SMILES string of the molecule is CCC(=O)N1c2ccccc2C[C@H]1C(=O)NCc1ccc(SC)cc1. The predicted molar refractivity (Wildman–Crippen MR) is 102 cm³/mol. The summed E-state index contributed by atoms with van der Waals surface area (Å²) < 4.78 is 0. The van der Waals surface area contributed by atoms with Crippen LogP contribution in [-0.4, -0.2) is 24.1 Å². The minimum Gasteiger partial charge on any atom is -0.350 e. The normalized spacial score (nSPS) is 15.8. The highest BCUT2D eigenvalue weighted by molar-refractivity contribution is 7.98. The molecule has 130 valence electrons. The maximum Gasteiger partial charge on any atom is 0.243 e. The van der Waals surface area contributed by atoms with Gasteiger partial charge in [0, 0.05) is 30.0 Å². The number of nitrogens with zero attached hydrogens (tertiary/aromatic N) is 1. The molecule has 2 aromatic rings. The van der Waals surface area contributed by atoms with Crippen LogP contribution in [0.1, 0.15) is 24.5 Å². The van der Waals surface area contributed by atoms with Gasteiger partial charge >= 0.3 is 0 Å². The number of hydrogen-bond donors (Lipinski definition) is 1. The molecule has 1 heterocycles. The number of hydrogen-bond acceptors (Lipinski definition) is 3. The van der Waals surface area contributed by atoms with Crippen LogP contribution in [0.2, 0.25) is 0 Å². The summed E-state index contributed by atoms with van der Waals surface area (Å²) in [5, 5.41) is 2.98. The fraction of sp³-hybridized carbons (Fsp3) is 0.300. The fourth-order valence-electron chi connectivity index (χ4n) is 3.12. The molecular formula is C20H22N2O2S. The Hall–Kier alpha value is -2.27. The van der Waals surface area contributed by atoms with Crippen LogP contribution in [0.15, 0.2) is 53.4 Å². The number of para-hydroxylation sites is 1.